The number of hydrogen-bond donors (Lipinski definition) is 1. The molecule has 1 unspecified atom stereocenters. The maximum atomic E-state index is 13.5. The summed E-state index contributed by atoms with van der Waals surface area (Å²) in [6, 6.07) is 12.1. The van der Waals surface area contributed by atoms with E-state index in [9.17, 15) is 4.39 Å². The molecule has 2 aromatic rings. The van der Waals surface area contributed by atoms with Crippen LogP contribution in [-0.4, -0.2) is 7.11 Å². The Kier molecular flexibility index (Phi) is 4.33. The summed E-state index contributed by atoms with van der Waals surface area (Å²) in [5.74, 6) is 0.288. The minimum absolute atomic E-state index is 0.0964. The number of hydrogen-bond acceptors (Lipinski definition) is 2. The fourth-order valence-corrected chi connectivity index (χ4v) is 2.32. The Morgan fingerprint density at radius 2 is 1.67 bits per heavy atom. The Bertz CT molecular complexity index is 614. The Labute approximate surface area is 125 Å². The summed E-state index contributed by atoms with van der Waals surface area (Å²) in [4.78, 5) is 0. The first-order valence-corrected chi connectivity index (χ1v) is 7.02. The predicted octanol–water partition coefficient (Wildman–Crippen LogP) is 4.18. The zero-order chi connectivity index (χ0) is 15.6. The molecule has 0 spiro atoms. The van der Waals surface area contributed by atoms with E-state index in [0.717, 1.165) is 5.56 Å². The van der Waals surface area contributed by atoms with Crippen LogP contribution in [0, 0.1) is 5.82 Å². The lowest BCUT2D eigenvalue weighted by atomic mass is 9.86. The van der Waals surface area contributed by atoms with Crippen molar-refractivity contribution in [3.8, 4) is 5.75 Å². The SMILES string of the molecule is COc1ccc(F)cc1C(N)c1ccc(C(C)(C)C)cc1. The highest BCUT2D eigenvalue weighted by Crippen LogP contribution is 2.30. The summed E-state index contributed by atoms with van der Waals surface area (Å²) in [5.41, 5.74) is 9.20. The molecule has 0 bridgehead atoms. The van der Waals surface area contributed by atoms with Crippen molar-refractivity contribution >= 4 is 0 Å². The van der Waals surface area contributed by atoms with Crippen LogP contribution in [0.25, 0.3) is 0 Å². The standard InChI is InChI=1S/C18H22FNO/c1-18(2,3)13-7-5-12(6-8-13)17(20)15-11-14(19)9-10-16(15)21-4/h5-11,17H,20H2,1-4H3. The van der Waals surface area contributed by atoms with Crippen LogP contribution < -0.4 is 10.5 Å². The van der Waals surface area contributed by atoms with E-state index in [4.69, 9.17) is 10.5 Å². The molecule has 21 heavy (non-hydrogen) atoms. The lowest BCUT2D eigenvalue weighted by Crippen LogP contribution is -2.15. The molecule has 2 N–H and O–H groups in total. The van der Waals surface area contributed by atoms with Crippen LogP contribution in [0.3, 0.4) is 0 Å². The highest BCUT2D eigenvalue weighted by Gasteiger charge is 2.17. The van der Waals surface area contributed by atoms with Gasteiger partial charge in [-0.25, -0.2) is 4.39 Å². The minimum Gasteiger partial charge on any atom is -0.496 e. The highest BCUT2D eigenvalue weighted by atomic mass is 19.1. The Balaban J connectivity index is 2.36. The molecule has 0 saturated heterocycles. The molecule has 2 rings (SSSR count). The summed E-state index contributed by atoms with van der Waals surface area (Å²) in [7, 11) is 1.56. The van der Waals surface area contributed by atoms with E-state index in [1.807, 2.05) is 12.1 Å². The Morgan fingerprint density at radius 3 is 2.19 bits per heavy atom. The molecule has 0 amide bonds. The topological polar surface area (TPSA) is 35.2 Å². The first kappa shape index (κ1) is 15.5. The van der Waals surface area contributed by atoms with Gasteiger partial charge in [-0.2, -0.15) is 0 Å². The molecule has 0 heterocycles. The van der Waals surface area contributed by atoms with Crippen LogP contribution in [0.2, 0.25) is 0 Å². The number of nitrogens with two attached hydrogens (primary N) is 1. The maximum Gasteiger partial charge on any atom is 0.124 e. The second-order valence-electron chi connectivity index (χ2n) is 6.24. The molecule has 1 atom stereocenters. The van der Waals surface area contributed by atoms with E-state index in [1.54, 1.807) is 13.2 Å². The fourth-order valence-electron chi connectivity index (χ4n) is 2.32. The van der Waals surface area contributed by atoms with Crippen molar-refractivity contribution in [1.29, 1.82) is 0 Å². The minimum atomic E-state index is -0.412. The van der Waals surface area contributed by atoms with Gasteiger partial charge in [0, 0.05) is 5.56 Å². The van der Waals surface area contributed by atoms with Crippen molar-refractivity contribution in [3.05, 3.63) is 65.0 Å². The van der Waals surface area contributed by atoms with Crippen molar-refractivity contribution in [3.63, 3.8) is 0 Å². The molecule has 2 aromatic carbocycles. The molecule has 0 radical (unpaired) electrons. The van der Waals surface area contributed by atoms with Gasteiger partial charge in [0.2, 0.25) is 0 Å². The molecule has 0 aliphatic carbocycles. The van der Waals surface area contributed by atoms with Gasteiger partial charge in [0.25, 0.3) is 0 Å². The summed E-state index contributed by atoms with van der Waals surface area (Å²) in [5, 5.41) is 0. The van der Waals surface area contributed by atoms with Gasteiger partial charge in [0.05, 0.1) is 13.2 Å². The van der Waals surface area contributed by atoms with Crippen molar-refractivity contribution in [1.82, 2.24) is 0 Å². The van der Waals surface area contributed by atoms with Gasteiger partial charge >= 0.3 is 0 Å². The van der Waals surface area contributed by atoms with Gasteiger partial charge in [-0.15, -0.1) is 0 Å². The van der Waals surface area contributed by atoms with Gasteiger partial charge in [-0.1, -0.05) is 45.0 Å². The molecule has 0 aromatic heterocycles. The third kappa shape index (κ3) is 3.42. The first-order valence-electron chi connectivity index (χ1n) is 7.02. The summed E-state index contributed by atoms with van der Waals surface area (Å²) in [6.45, 7) is 6.49. The number of rotatable bonds is 3. The van der Waals surface area contributed by atoms with Crippen molar-refractivity contribution in [2.45, 2.75) is 32.2 Å². The third-order valence-electron chi connectivity index (χ3n) is 3.66. The quantitative estimate of drug-likeness (QED) is 0.919. The molecule has 3 heteroatoms. The highest BCUT2D eigenvalue weighted by molar-refractivity contribution is 5.42. The number of benzene rings is 2. The van der Waals surface area contributed by atoms with Gasteiger partial charge in [-0.3, -0.25) is 0 Å². The van der Waals surface area contributed by atoms with Crippen LogP contribution in [0.5, 0.6) is 5.75 Å². The van der Waals surface area contributed by atoms with Crippen LogP contribution in [0.1, 0.15) is 43.5 Å². The molecule has 112 valence electrons. The van der Waals surface area contributed by atoms with Gasteiger partial charge < -0.3 is 10.5 Å². The molecular weight excluding hydrogens is 265 g/mol. The maximum absolute atomic E-state index is 13.5. The number of methoxy groups -OCH3 is 1. The van der Waals surface area contributed by atoms with E-state index in [-0.39, 0.29) is 11.2 Å². The summed E-state index contributed by atoms with van der Waals surface area (Å²) >= 11 is 0. The molecule has 2 nitrogen and oxygen atoms in total. The smallest absolute Gasteiger partial charge is 0.124 e. The zero-order valence-corrected chi connectivity index (χ0v) is 13.0. The number of halogens is 1. The monoisotopic (exact) mass is 287 g/mol. The van der Waals surface area contributed by atoms with Crippen LogP contribution in [0.4, 0.5) is 4.39 Å². The summed E-state index contributed by atoms with van der Waals surface area (Å²) < 4.78 is 18.7. The third-order valence-corrected chi connectivity index (χ3v) is 3.66. The van der Waals surface area contributed by atoms with Gasteiger partial charge in [0.1, 0.15) is 11.6 Å². The Morgan fingerprint density at radius 1 is 1.05 bits per heavy atom. The average Bonchev–Trinajstić information content (AvgIpc) is 2.45. The fraction of sp³-hybridized carbons (Fsp3) is 0.333. The molecule has 0 fully saturated rings. The van der Waals surface area contributed by atoms with E-state index in [2.05, 4.69) is 32.9 Å². The largest absolute Gasteiger partial charge is 0.496 e. The lowest BCUT2D eigenvalue weighted by molar-refractivity contribution is 0.406. The van der Waals surface area contributed by atoms with Crippen molar-refractivity contribution in [2.24, 2.45) is 5.73 Å². The second kappa shape index (κ2) is 5.86. The molecule has 0 saturated carbocycles. The molecule has 0 aliphatic heterocycles. The van der Waals surface area contributed by atoms with Crippen LogP contribution >= 0.6 is 0 Å². The zero-order valence-electron chi connectivity index (χ0n) is 13.0. The summed E-state index contributed by atoms with van der Waals surface area (Å²) in [6.07, 6.45) is 0. The van der Waals surface area contributed by atoms with E-state index in [0.29, 0.717) is 11.3 Å². The van der Waals surface area contributed by atoms with Crippen molar-refractivity contribution < 1.29 is 9.13 Å². The lowest BCUT2D eigenvalue weighted by Gasteiger charge is -2.21. The van der Waals surface area contributed by atoms with Gasteiger partial charge in [0.15, 0.2) is 0 Å². The van der Waals surface area contributed by atoms with E-state index in [1.165, 1.54) is 17.7 Å². The van der Waals surface area contributed by atoms with Crippen molar-refractivity contribution in [2.75, 3.05) is 7.11 Å². The Hall–Kier alpha value is -1.87. The number of ether oxygens (including phenoxy) is 1. The second-order valence-corrected chi connectivity index (χ2v) is 6.24. The first-order chi connectivity index (χ1) is 9.82. The molecule has 0 aliphatic rings. The normalized spacial score (nSPS) is 13.0. The van der Waals surface area contributed by atoms with Crippen LogP contribution in [0.15, 0.2) is 42.5 Å². The van der Waals surface area contributed by atoms with Crippen LogP contribution in [-0.2, 0) is 5.41 Å². The van der Waals surface area contributed by atoms with E-state index < -0.39 is 6.04 Å². The van der Waals surface area contributed by atoms with E-state index >= 15 is 0 Å². The predicted molar refractivity (Wildman–Crippen MR) is 84.1 cm³/mol. The average molecular weight is 287 g/mol. The molecular formula is C18H22FNO. The van der Waals surface area contributed by atoms with Gasteiger partial charge in [-0.05, 0) is 34.7 Å².